The average molecular weight is 241 g/mol. The smallest absolute Gasteiger partial charge is 0.308 e. The van der Waals surface area contributed by atoms with E-state index in [1.807, 2.05) is 0 Å². The molecule has 1 saturated heterocycles. The van der Waals surface area contributed by atoms with Crippen LogP contribution in [0.1, 0.15) is 25.7 Å². The number of carbonyl (C=O) groups is 2. The fraction of sp³-hybridized carbons (Fsp3) is 0.833. The van der Waals surface area contributed by atoms with E-state index in [2.05, 4.69) is 0 Å². The molecule has 17 heavy (non-hydrogen) atoms. The van der Waals surface area contributed by atoms with Gasteiger partial charge in [-0.2, -0.15) is 0 Å². The summed E-state index contributed by atoms with van der Waals surface area (Å²) in [5.74, 6) is -0.436. The molecule has 1 atom stereocenters. The number of rotatable bonds is 6. The van der Waals surface area contributed by atoms with Gasteiger partial charge in [0.15, 0.2) is 0 Å². The van der Waals surface area contributed by atoms with Gasteiger partial charge >= 0.3 is 5.97 Å². The van der Waals surface area contributed by atoms with Crippen molar-refractivity contribution in [3.8, 4) is 0 Å². The van der Waals surface area contributed by atoms with Gasteiger partial charge in [-0.05, 0) is 25.2 Å². The van der Waals surface area contributed by atoms with Crippen molar-refractivity contribution in [2.45, 2.75) is 25.7 Å². The SMILES string of the molecule is O=C(O)C1CCC(=O)N(CCOCC2CC2)C1. The number of carboxylic acid groups (broad SMARTS) is 1. The minimum absolute atomic E-state index is 0.0533. The van der Waals surface area contributed by atoms with Crippen molar-refractivity contribution in [2.24, 2.45) is 11.8 Å². The molecule has 2 fully saturated rings. The van der Waals surface area contributed by atoms with Gasteiger partial charge in [-0.25, -0.2) is 0 Å². The number of carboxylic acids is 1. The molecule has 2 rings (SSSR count). The maximum Gasteiger partial charge on any atom is 0.308 e. The number of hydrogen-bond donors (Lipinski definition) is 1. The second-order valence-corrected chi connectivity index (χ2v) is 4.93. The highest BCUT2D eigenvalue weighted by Crippen LogP contribution is 2.28. The zero-order chi connectivity index (χ0) is 12.3. The molecule has 0 radical (unpaired) electrons. The second kappa shape index (κ2) is 5.49. The summed E-state index contributed by atoms with van der Waals surface area (Å²) in [6, 6.07) is 0. The second-order valence-electron chi connectivity index (χ2n) is 4.93. The van der Waals surface area contributed by atoms with Crippen molar-refractivity contribution >= 4 is 11.9 Å². The van der Waals surface area contributed by atoms with Crippen LogP contribution >= 0.6 is 0 Å². The molecule has 0 spiro atoms. The molecule has 2 aliphatic rings. The van der Waals surface area contributed by atoms with Crippen molar-refractivity contribution < 1.29 is 19.4 Å². The highest BCUT2D eigenvalue weighted by molar-refractivity contribution is 5.80. The molecule has 1 aliphatic carbocycles. The lowest BCUT2D eigenvalue weighted by molar-refractivity contribution is -0.147. The summed E-state index contributed by atoms with van der Waals surface area (Å²) in [7, 11) is 0. The van der Waals surface area contributed by atoms with Crippen LogP contribution in [0.25, 0.3) is 0 Å². The van der Waals surface area contributed by atoms with E-state index in [0.29, 0.717) is 32.5 Å². The Morgan fingerprint density at radius 2 is 2.18 bits per heavy atom. The van der Waals surface area contributed by atoms with Crippen LogP contribution in [0.3, 0.4) is 0 Å². The Kier molecular flexibility index (Phi) is 3.99. The third-order valence-corrected chi connectivity index (χ3v) is 3.41. The predicted molar refractivity (Wildman–Crippen MR) is 60.5 cm³/mol. The molecular formula is C12H19NO4. The summed E-state index contributed by atoms with van der Waals surface area (Å²) >= 11 is 0. The maximum atomic E-state index is 11.6. The van der Waals surface area contributed by atoms with Gasteiger partial charge in [-0.1, -0.05) is 0 Å². The molecule has 0 aromatic carbocycles. The highest BCUT2D eigenvalue weighted by atomic mass is 16.5. The summed E-state index contributed by atoms with van der Waals surface area (Å²) in [5, 5.41) is 8.93. The highest BCUT2D eigenvalue weighted by Gasteiger charge is 2.29. The van der Waals surface area contributed by atoms with Gasteiger partial charge in [0.25, 0.3) is 0 Å². The predicted octanol–water partition coefficient (Wildman–Crippen LogP) is 0.736. The molecule has 0 aromatic heterocycles. The molecule has 96 valence electrons. The van der Waals surface area contributed by atoms with Gasteiger partial charge in [0.2, 0.25) is 5.91 Å². The fourth-order valence-corrected chi connectivity index (χ4v) is 2.04. The summed E-state index contributed by atoms with van der Waals surface area (Å²) in [5.41, 5.74) is 0. The van der Waals surface area contributed by atoms with Crippen LogP contribution in [-0.2, 0) is 14.3 Å². The van der Waals surface area contributed by atoms with Crippen molar-refractivity contribution in [1.29, 1.82) is 0 Å². The van der Waals surface area contributed by atoms with Crippen molar-refractivity contribution in [2.75, 3.05) is 26.3 Å². The number of hydrogen-bond acceptors (Lipinski definition) is 3. The van der Waals surface area contributed by atoms with Crippen molar-refractivity contribution in [3.63, 3.8) is 0 Å². The van der Waals surface area contributed by atoms with Gasteiger partial charge in [-0.3, -0.25) is 9.59 Å². The van der Waals surface area contributed by atoms with E-state index < -0.39 is 11.9 Å². The zero-order valence-electron chi connectivity index (χ0n) is 9.93. The van der Waals surface area contributed by atoms with Crippen LogP contribution < -0.4 is 0 Å². The first kappa shape index (κ1) is 12.4. The molecular weight excluding hydrogens is 222 g/mol. The number of aliphatic carboxylic acids is 1. The van der Waals surface area contributed by atoms with E-state index in [-0.39, 0.29) is 5.91 Å². The summed E-state index contributed by atoms with van der Waals surface area (Å²) in [6.45, 7) is 2.16. The summed E-state index contributed by atoms with van der Waals surface area (Å²) in [6.07, 6.45) is 3.32. The number of likely N-dealkylation sites (tertiary alicyclic amines) is 1. The monoisotopic (exact) mass is 241 g/mol. The van der Waals surface area contributed by atoms with E-state index >= 15 is 0 Å². The fourth-order valence-electron chi connectivity index (χ4n) is 2.04. The molecule has 5 nitrogen and oxygen atoms in total. The van der Waals surface area contributed by atoms with Crippen LogP contribution in [0.15, 0.2) is 0 Å². The van der Waals surface area contributed by atoms with E-state index in [4.69, 9.17) is 9.84 Å². The van der Waals surface area contributed by atoms with E-state index in [9.17, 15) is 9.59 Å². The lowest BCUT2D eigenvalue weighted by Crippen LogP contribution is -2.44. The third-order valence-electron chi connectivity index (χ3n) is 3.41. The Morgan fingerprint density at radius 1 is 1.41 bits per heavy atom. The normalized spacial score (nSPS) is 25.1. The average Bonchev–Trinajstić information content (AvgIpc) is 3.10. The molecule has 0 bridgehead atoms. The van der Waals surface area contributed by atoms with E-state index in [0.717, 1.165) is 12.5 Å². The van der Waals surface area contributed by atoms with Crippen LogP contribution in [0.5, 0.6) is 0 Å². The maximum absolute atomic E-state index is 11.6. The van der Waals surface area contributed by atoms with Crippen LogP contribution in [0, 0.1) is 11.8 Å². The van der Waals surface area contributed by atoms with E-state index in [1.165, 1.54) is 12.8 Å². The summed E-state index contributed by atoms with van der Waals surface area (Å²) < 4.78 is 5.46. The first-order valence-corrected chi connectivity index (χ1v) is 6.25. The Hall–Kier alpha value is -1.10. The topological polar surface area (TPSA) is 66.8 Å². The molecule has 1 saturated carbocycles. The number of nitrogens with zero attached hydrogens (tertiary/aromatic N) is 1. The molecule has 5 heteroatoms. The number of piperidine rings is 1. The van der Waals surface area contributed by atoms with E-state index in [1.54, 1.807) is 4.90 Å². The Balaban J connectivity index is 1.68. The Morgan fingerprint density at radius 3 is 2.82 bits per heavy atom. The first-order valence-electron chi connectivity index (χ1n) is 6.25. The third kappa shape index (κ3) is 3.70. The lowest BCUT2D eigenvalue weighted by atomic mass is 9.98. The lowest BCUT2D eigenvalue weighted by Gasteiger charge is -2.30. The molecule has 1 aliphatic heterocycles. The van der Waals surface area contributed by atoms with Crippen molar-refractivity contribution in [3.05, 3.63) is 0 Å². The molecule has 1 amide bonds. The van der Waals surface area contributed by atoms with Gasteiger partial charge in [0.1, 0.15) is 0 Å². The zero-order valence-corrected chi connectivity index (χ0v) is 9.93. The first-order chi connectivity index (χ1) is 8.16. The van der Waals surface area contributed by atoms with Crippen LogP contribution in [0.2, 0.25) is 0 Å². The largest absolute Gasteiger partial charge is 0.481 e. The van der Waals surface area contributed by atoms with Crippen molar-refractivity contribution in [1.82, 2.24) is 4.90 Å². The number of amides is 1. The molecule has 1 N–H and O–H groups in total. The number of ether oxygens (including phenoxy) is 1. The van der Waals surface area contributed by atoms with Gasteiger partial charge in [0, 0.05) is 26.1 Å². The molecule has 1 heterocycles. The quantitative estimate of drug-likeness (QED) is 0.696. The molecule has 1 unspecified atom stereocenters. The van der Waals surface area contributed by atoms with Crippen LogP contribution in [0.4, 0.5) is 0 Å². The molecule has 0 aromatic rings. The Labute approximate surface area is 101 Å². The van der Waals surface area contributed by atoms with Gasteiger partial charge in [-0.15, -0.1) is 0 Å². The van der Waals surface area contributed by atoms with Gasteiger partial charge < -0.3 is 14.7 Å². The summed E-state index contributed by atoms with van der Waals surface area (Å²) in [4.78, 5) is 24.1. The van der Waals surface area contributed by atoms with Crippen LogP contribution in [-0.4, -0.2) is 48.2 Å². The minimum Gasteiger partial charge on any atom is -0.481 e. The standard InChI is InChI=1S/C12H19NO4/c14-11-4-3-10(12(15)16)7-13(11)5-6-17-8-9-1-2-9/h9-10H,1-8H2,(H,15,16). The number of carbonyl (C=O) groups excluding carboxylic acids is 1. The minimum atomic E-state index is -0.804. The Bertz CT molecular complexity index is 301. The van der Waals surface area contributed by atoms with Gasteiger partial charge in [0.05, 0.1) is 12.5 Å².